The number of carbonyl (C=O) groups is 1. The molecule has 1 unspecified atom stereocenters. The second kappa shape index (κ2) is 7.77. The van der Waals surface area contributed by atoms with E-state index in [1.165, 1.54) is 12.1 Å². The number of ether oxygens (including phenoxy) is 1. The molecule has 1 saturated heterocycles. The Bertz CT molecular complexity index is 556. The lowest BCUT2D eigenvalue weighted by atomic mass is 10.0. The van der Waals surface area contributed by atoms with Gasteiger partial charge in [0.2, 0.25) is 0 Å². The standard InChI is InChI=1S/C16H18FNO3/c17-14-6-5-13(4-1-7-19)15(9-14)16(20)18-10-12-3-2-8-21-11-12/h5-6,9,12,19H,2-3,7-8,10-11H2,(H,18,20). The van der Waals surface area contributed by atoms with E-state index >= 15 is 0 Å². The van der Waals surface area contributed by atoms with Crippen LogP contribution in [0.5, 0.6) is 0 Å². The molecule has 1 heterocycles. The maximum absolute atomic E-state index is 13.3. The summed E-state index contributed by atoms with van der Waals surface area (Å²) in [7, 11) is 0. The molecule has 5 heteroatoms. The van der Waals surface area contributed by atoms with Gasteiger partial charge in [0.05, 0.1) is 12.2 Å². The first kappa shape index (κ1) is 15.5. The fourth-order valence-corrected chi connectivity index (χ4v) is 2.25. The Labute approximate surface area is 123 Å². The third-order valence-corrected chi connectivity index (χ3v) is 3.33. The Morgan fingerprint density at radius 2 is 2.38 bits per heavy atom. The second-order valence-corrected chi connectivity index (χ2v) is 4.94. The largest absolute Gasteiger partial charge is 0.384 e. The Morgan fingerprint density at radius 1 is 1.52 bits per heavy atom. The van der Waals surface area contributed by atoms with E-state index in [9.17, 15) is 9.18 Å². The summed E-state index contributed by atoms with van der Waals surface area (Å²) in [6, 6.07) is 3.85. The lowest BCUT2D eigenvalue weighted by molar-refractivity contribution is 0.0536. The summed E-state index contributed by atoms with van der Waals surface area (Å²) in [5.41, 5.74) is 0.593. The van der Waals surface area contributed by atoms with Crippen LogP contribution in [0.15, 0.2) is 18.2 Å². The summed E-state index contributed by atoms with van der Waals surface area (Å²) in [6.45, 7) is 1.61. The predicted octanol–water partition coefficient (Wildman–Crippen LogP) is 1.33. The van der Waals surface area contributed by atoms with Gasteiger partial charge in [0.25, 0.3) is 5.91 Å². The number of rotatable bonds is 3. The van der Waals surface area contributed by atoms with Crippen molar-refractivity contribution in [2.75, 3.05) is 26.4 Å². The van der Waals surface area contributed by atoms with E-state index in [1.807, 2.05) is 0 Å². The fourth-order valence-electron chi connectivity index (χ4n) is 2.25. The third kappa shape index (κ3) is 4.55. The summed E-state index contributed by atoms with van der Waals surface area (Å²) < 4.78 is 18.7. The normalized spacial score (nSPS) is 17.7. The topological polar surface area (TPSA) is 58.6 Å². The lowest BCUT2D eigenvalue weighted by Gasteiger charge is -2.22. The van der Waals surface area contributed by atoms with Crippen molar-refractivity contribution in [2.24, 2.45) is 5.92 Å². The van der Waals surface area contributed by atoms with Gasteiger partial charge in [0.15, 0.2) is 0 Å². The number of amides is 1. The Balaban J connectivity index is 2.04. The first-order valence-corrected chi connectivity index (χ1v) is 6.96. The van der Waals surface area contributed by atoms with Gasteiger partial charge in [-0.3, -0.25) is 4.79 Å². The van der Waals surface area contributed by atoms with Crippen molar-refractivity contribution in [1.29, 1.82) is 0 Å². The SMILES string of the molecule is O=C(NCC1CCCOC1)c1cc(F)ccc1C#CCO. The number of benzene rings is 1. The molecule has 1 atom stereocenters. The van der Waals surface area contributed by atoms with Crippen molar-refractivity contribution in [3.63, 3.8) is 0 Å². The molecule has 2 rings (SSSR count). The molecule has 1 amide bonds. The molecule has 0 radical (unpaired) electrons. The molecule has 1 aromatic carbocycles. The molecule has 1 aliphatic heterocycles. The number of carbonyl (C=O) groups excluding carboxylic acids is 1. The smallest absolute Gasteiger partial charge is 0.252 e. The molecule has 21 heavy (non-hydrogen) atoms. The minimum absolute atomic E-state index is 0.188. The number of hydrogen-bond acceptors (Lipinski definition) is 3. The van der Waals surface area contributed by atoms with Crippen LogP contribution in [0.4, 0.5) is 4.39 Å². The number of nitrogens with one attached hydrogen (secondary N) is 1. The Kier molecular flexibility index (Phi) is 5.73. The second-order valence-electron chi connectivity index (χ2n) is 4.94. The number of aliphatic hydroxyl groups is 1. The van der Waals surface area contributed by atoms with Gasteiger partial charge in [0, 0.05) is 18.7 Å². The monoisotopic (exact) mass is 291 g/mol. The highest BCUT2D eigenvalue weighted by Crippen LogP contribution is 2.14. The highest BCUT2D eigenvalue weighted by molar-refractivity contribution is 5.96. The van der Waals surface area contributed by atoms with Crippen LogP contribution in [0.1, 0.15) is 28.8 Å². The van der Waals surface area contributed by atoms with Crippen LogP contribution in [-0.2, 0) is 4.74 Å². The fraction of sp³-hybridized carbons (Fsp3) is 0.438. The molecule has 4 nitrogen and oxygen atoms in total. The maximum atomic E-state index is 13.3. The van der Waals surface area contributed by atoms with Crippen LogP contribution in [-0.4, -0.2) is 37.4 Å². The van der Waals surface area contributed by atoms with Gasteiger partial charge in [-0.25, -0.2) is 4.39 Å². The van der Waals surface area contributed by atoms with Crippen LogP contribution in [0.25, 0.3) is 0 Å². The van der Waals surface area contributed by atoms with Crippen LogP contribution < -0.4 is 5.32 Å². The Hall–Kier alpha value is -1.90. The van der Waals surface area contributed by atoms with E-state index in [1.54, 1.807) is 0 Å². The zero-order valence-corrected chi connectivity index (χ0v) is 11.7. The molecule has 112 valence electrons. The zero-order valence-electron chi connectivity index (χ0n) is 11.7. The van der Waals surface area contributed by atoms with Gasteiger partial charge in [-0.1, -0.05) is 11.8 Å². The van der Waals surface area contributed by atoms with Crippen molar-refractivity contribution in [3.8, 4) is 11.8 Å². The quantitative estimate of drug-likeness (QED) is 0.826. The summed E-state index contributed by atoms with van der Waals surface area (Å²) >= 11 is 0. The van der Waals surface area contributed by atoms with Gasteiger partial charge in [-0.05, 0) is 37.0 Å². The van der Waals surface area contributed by atoms with Gasteiger partial charge < -0.3 is 15.2 Å². The highest BCUT2D eigenvalue weighted by atomic mass is 19.1. The van der Waals surface area contributed by atoms with Crippen LogP contribution >= 0.6 is 0 Å². The predicted molar refractivity (Wildman–Crippen MR) is 76.2 cm³/mol. The van der Waals surface area contributed by atoms with Crippen LogP contribution in [0, 0.1) is 23.6 Å². The average molecular weight is 291 g/mol. The van der Waals surface area contributed by atoms with Gasteiger partial charge in [0.1, 0.15) is 12.4 Å². The van der Waals surface area contributed by atoms with E-state index in [-0.39, 0.29) is 18.1 Å². The van der Waals surface area contributed by atoms with Crippen molar-refractivity contribution in [1.82, 2.24) is 5.32 Å². The van der Waals surface area contributed by atoms with E-state index in [0.29, 0.717) is 24.6 Å². The van der Waals surface area contributed by atoms with Crippen molar-refractivity contribution < 1.29 is 19.0 Å². The molecule has 0 bridgehead atoms. The van der Waals surface area contributed by atoms with Gasteiger partial charge in [-0.15, -0.1) is 0 Å². The van der Waals surface area contributed by atoms with E-state index < -0.39 is 5.82 Å². The maximum Gasteiger partial charge on any atom is 0.252 e. The first-order valence-electron chi connectivity index (χ1n) is 6.96. The molecule has 0 aliphatic carbocycles. The molecular formula is C16H18FNO3. The van der Waals surface area contributed by atoms with E-state index in [0.717, 1.165) is 25.5 Å². The van der Waals surface area contributed by atoms with Crippen molar-refractivity contribution >= 4 is 5.91 Å². The van der Waals surface area contributed by atoms with E-state index in [4.69, 9.17) is 9.84 Å². The van der Waals surface area contributed by atoms with Crippen LogP contribution in [0.3, 0.4) is 0 Å². The minimum atomic E-state index is -0.490. The Morgan fingerprint density at radius 3 is 3.10 bits per heavy atom. The highest BCUT2D eigenvalue weighted by Gasteiger charge is 2.17. The summed E-state index contributed by atoms with van der Waals surface area (Å²) in [4.78, 5) is 12.2. The molecule has 1 aliphatic rings. The van der Waals surface area contributed by atoms with Gasteiger partial charge >= 0.3 is 0 Å². The molecule has 2 N–H and O–H groups in total. The summed E-state index contributed by atoms with van der Waals surface area (Å²) in [6.07, 6.45) is 2.01. The first-order chi connectivity index (χ1) is 10.2. The average Bonchev–Trinajstić information content (AvgIpc) is 2.52. The summed E-state index contributed by atoms with van der Waals surface area (Å²) in [5.74, 6) is 4.57. The van der Waals surface area contributed by atoms with Crippen molar-refractivity contribution in [2.45, 2.75) is 12.8 Å². The molecule has 0 spiro atoms. The number of halogens is 1. The molecule has 0 aromatic heterocycles. The van der Waals surface area contributed by atoms with Crippen molar-refractivity contribution in [3.05, 3.63) is 35.1 Å². The van der Waals surface area contributed by atoms with E-state index in [2.05, 4.69) is 17.2 Å². The molecule has 0 saturated carbocycles. The van der Waals surface area contributed by atoms with Crippen LogP contribution in [0.2, 0.25) is 0 Å². The zero-order chi connectivity index (χ0) is 15.1. The molecule has 1 fully saturated rings. The number of aliphatic hydroxyl groups excluding tert-OH is 1. The van der Waals surface area contributed by atoms with Gasteiger partial charge in [-0.2, -0.15) is 0 Å². The molecule has 1 aromatic rings. The summed E-state index contributed by atoms with van der Waals surface area (Å²) in [5, 5.41) is 11.5. The number of hydrogen-bond donors (Lipinski definition) is 2. The third-order valence-electron chi connectivity index (χ3n) is 3.33. The molecular weight excluding hydrogens is 273 g/mol. The lowest BCUT2D eigenvalue weighted by Crippen LogP contribution is -2.33. The minimum Gasteiger partial charge on any atom is -0.384 e.